The Bertz CT molecular complexity index is 548. The zero-order valence-electron chi connectivity index (χ0n) is 10.5. The van der Waals surface area contributed by atoms with Crippen molar-refractivity contribution in [1.82, 2.24) is 0 Å². The standard InChI is InChI=1S/C14H13ClF3NO/c15-11-2-1-10(14(16,17)18)6-12(11)19-13(20)9-4-7-3-8(7)5-9/h1-2,6-9H,3-5H2,(H,19,20). The molecule has 1 aromatic carbocycles. The molecule has 0 bridgehead atoms. The van der Waals surface area contributed by atoms with Crippen molar-refractivity contribution in [2.24, 2.45) is 17.8 Å². The van der Waals surface area contributed by atoms with Crippen molar-refractivity contribution in [2.45, 2.75) is 25.4 Å². The minimum absolute atomic E-state index is 0.0343. The van der Waals surface area contributed by atoms with E-state index >= 15 is 0 Å². The molecule has 2 unspecified atom stereocenters. The van der Waals surface area contributed by atoms with Gasteiger partial charge in [0, 0.05) is 5.92 Å². The molecule has 1 N–H and O–H groups in total. The molecule has 0 heterocycles. The van der Waals surface area contributed by atoms with Gasteiger partial charge in [-0.05, 0) is 49.3 Å². The van der Waals surface area contributed by atoms with E-state index < -0.39 is 11.7 Å². The van der Waals surface area contributed by atoms with Crippen LogP contribution in [0.1, 0.15) is 24.8 Å². The summed E-state index contributed by atoms with van der Waals surface area (Å²) in [5, 5.41) is 2.65. The number of nitrogens with one attached hydrogen (secondary N) is 1. The monoisotopic (exact) mass is 303 g/mol. The fraction of sp³-hybridized carbons (Fsp3) is 0.500. The lowest BCUT2D eigenvalue weighted by Gasteiger charge is -2.15. The van der Waals surface area contributed by atoms with Crippen LogP contribution in [0, 0.1) is 17.8 Å². The van der Waals surface area contributed by atoms with Gasteiger partial charge >= 0.3 is 6.18 Å². The van der Waals surface area contributed by atoms with Crippen LogP contribution in [-0.4, -0.2) is 5.91 Å². The largest absolute Gasteiger partial charge is 0.416 e. The molecule has 0 radical (unpaired) electrons. The van der Waals surface area contributed by atoms with E-state index in [9.17, 15) is 18.0 Å². The van der Waals surface area contributed by atoms with Gasteiger partial charge in [-0.3, -0.25) is 4.79 Å². The zero-order valence-corrected chi connectivity index (χ0v) is 11.3. The van der Waals surface area contributed by atoms with Crippen LogP contribution in [0.25, 0.3) is 0 Å². The SMILES string of the molecule is O=C(Nc1cc(C(F)(F)F)ccc1Cl)C1CC2CC2C1. The summed E-state index contributed by atoms with van der Waals surface area (Å²) in [4.78, 5) is 12.0. The molecule has 2 atom stereocenters. The fourth-order valence-electron chi connectivity index (χ4n) is 2.96. The molecule has 0 saturated heterocycles. The van der Waals surface area contributed by atoms with Crippen molar-refractivity contribution in [3.63, 3.8) is 0 Å². The predicted molar refractivity (Wildman–Crippen MR) is 69.4 cm³/mol. The van der Waals surface area contributed by atoms with Crippen molar-refractivity contribution >= 4 is 23.2 Å². The Labute approximate surface area is 119 Å². The first-order valence-electron chi connectivity index (χ1n) is 6.52. The molecule has 0 spiro atoms. The van der Waals surface area contributed by atoms with Crippen molar-refractivity contribution in [1.29, 1.82) is 0 Å². The normalized spacial score (nSPS) is 28.1. The molecule has 3 rings (SSSR count). The van der Waals surface area contributed by atoms with Crippen LogP contribution in [0.2, 0.25) is 5.02 Å². The number of halogens is 4. The highest BCUT2D eigenvalue weighted by Crippen LogP contribution is 2.54. The first-order valence-corrected chi connectivity index (χ1v) is 6.90. The third kappa shape index (κ3) is 2.64. The molecule has 108 valence electrons. The van der Waals surface area contributed by atoms with Crippen molar-refractivity contribution < 1.29 is 18.0 Å². The number of fused-ring (bicyclic) bond motifs is 1. The molecule has 2 nitrogen and oxygen atoms in total. The number of alkyl halides is 3. The van der Waals surface area contributed by atoms with Crippen molar-refractivity contribution in [2.75, 3.05) is 5.32 Å². The number of hydrogen-bond acceptors (Lipinski definition) is 1. The predicted octanol–water partition coefficient (Wildman–Crippen LogP) is 4.34. The summed E-state index contributed by atoms with van der Waals surface area (Å²) in [6, 6.07) is 2.95. The third-order valence-electron chi connectivity index (χ3n) is 4.17. The minimum atomic E-state index is -4.45. The Balaban J connectivity index is 1.74. The quantitative estimate of drug-likeness (QED) is 0.865. The molecular formula is C14H13ClF3NO. The molecule has 2 aliphatic carbocycles. The second-order valence-corrected chi connectivity index (χ2v) is 6.01. The van der Waals surface area contributed by atoms with E-state index in [1.807, 2.05) is 0 Å². The maximum absolute atomic E-state index is 12.6. The molecule has 2 aliphatic rings. The van der Waals surface area contributed by atoms with E-state index in [1.165, 1.54) is 6.42 Å². The summed E-state index contributed by atoms with van der Waals surface area (Å²) in [6.07, 6.45) is -1.58. The Kier molecular flexibility index (Phi) is 3.20. The summed E-state index contributed by atoms with van der Waals surface area (Å²) in [5.74, 6) is 0.966. The Hall–Kier alpha value is -1.23. The average molecular weight is 304 g/mol. The second kappa shape index (κ2) is 4.65. The molecule has 0 aliphatic heterocycles. The third-order valence-corrected chi connectivity index (χ3v) is 4.50. The Morgan fingerprint density at radius 1 is 1.20 bits per heavy atom. The van der Waals surface area contributed by atoms with Gasteiger partial charge in [-0.1, -0.05) is 11.6 Å². The molecule has 2 saturated carbocycles. The van der Waals surface area contributed by atoms with Crippen LogP contribution in [0.5, 0.6) is 0 Å². The van der Waals surface area contributed by atoms with Gasteiger partial charge in [-0.2, -0.15) is 13.2 Å². The first-order chi connectivity index (χ1) is 9.34. The molecule has 1 aromatic rings. The number of amides is 1. The van der Waals surface area contributed by atoms with E-state index in [1.54, 1.807) is 0 Å². The van der Waals surface area contributed by atoms with Gasteiger partial charge in [0.15, 0.2) is 0 Å². The summed E-state index contributed by atoms with van der Waals surface area (Å²) in [5.41, 5.74) is -0.779. The zero-order chi connectivity index (χ0) is 14.5. The lowest BCUT2D eigenvalue weighted by molar-refractivity contribution is -0.137. The van der Waals surface area contributed by atoms with Crippen LogP contribution in [0.4, 0.5) is 18.9 Å². The van der Waals surface area contributed by atoms with Crippen molar-refractivity contribution in [3.8, 4) is 0 Å². The number of carbonyl (C=O) groups is 1. The number of hydrogen-bond donors (Lipinski definition) is 1. The molecular weight excluding hydrogens is 291 g/mol. The highest BCUT2D eigenvalue weighted by Gasteiger charge is 2.48. The fourth-order valence-corrected chi connectivity index (χ4v) is 3.13. The van der Waals surface area contributed by atoms with E-state index in [0.29, 0.717) is 11.8 Å². The smallest absolute Gasteiger partial charge is 0.325 e. The van der Waals surface area contributed by atoms with Crippen LogP contribution in [0.15, 0.2) is 18.2 Å². The number of benzene rings is 1. The number of rotatable bonds is 2. The van der Waals surface area contributed by atoms with Gasteiger partial charge in [0.05, 0.1) is 16.3 Å². The maximum atomic E-state index is 12.6. The van der Waals surface area contributed by atoms with E-state index in [4.69, 9.17) is 11.6 Å². The highest BCUT2D eigenvalue weighted by atomic mass is 35.5. The van der Waals surface area contributed by atoms with Crippen LogP contribution in [-0.2, 0) is 11.0 Å². The molecule has 6 heteroatoms. The van der Waals surface area contributed by atoms with Crippen LogP contribution >= 0.6 is 11.6 Å². The highest BCUT2D eigenvalue weighted by molar-refractivity contribution is 6.33. The van der Waals surface area contributed by atoms with Gasteiger partial charge in [-0.25, -0.2) is 0 Å². The summed E-state index contributed by atoms with van der Waals surface area (Å²) in [7, 11) is 0. The van der Waals surface area contributed by atoms with Gasteiger partial charge in [-0.15, -0.1) is 0 Å². The summed E-state index contributed by atoms with van der Waals surface area (Å²) in [6.45, 7) is 0. The van der Waals surface area contributed by atoms with E-state index in [0.717, 1.165) is 31.0 Å². The summed E-state index contributed by atoms with van der Waals surface area (Å²) < 4.78 is 37.9. The van der Waals surface area contributed by atoms with E-state index in [-0.39, 0.29) is 22.5 Å². The van der Waals surface area contributed by atoms with Gasteiger partial charge in [0.2, 0.25) is 5.91 Å². The lowest BCUT2D eigenvalue weighted by Crippen LogP contribution is -2.22. The van der Waals surface area contributed by atoms with Crippen molar-refractivity contribution in [3.05, 3.63) is 28.8 Å². The molecule has 20 heavy (non-hydrogen) atoms. The maximum Gasteiger partial charge on any atom is 0.416 e. The van der Waals surface area contributed by atoms with Gasteiger partial charge in [0.1, 0.15) is 0 Å². The van der Waals surface area contributed by atoms with Crippen LogP contribution < -0.4 is 5.32 Å². The number of carbonyl (C=O) groups excluding carboxylic acids is 1. The molecule has 2 fully saturated rings. The second-order valence-electron chi connectivity index (χ2n) is 5.61. The minimum Gasteiger partial charge on any atom is -0.325 e. The average Bonchev–Trinajstić information content (AvgIpc) is 2.97. The topological polar surface area (TPSA) is 29.1 Å². The van der Waals surface area contributed by atoms with E-state index in [2.05, 4.69) is 5.32 Å². The Morgan fingerprint density at radius 2 is 1.85 bits per heavy atom. The summed E-state index contributed by atoms with van der Waals surface area (Å²) >= 11 is 5.85. The Morgan fingerprint density at radius 3 is 2.45 bits per heavy atom. The van der Waals surface area contributed by atoms with Gasteiger partial charge in [0.25, 0.3) is 0 Å². The molecule has 1 amide bonds. The van der Waals surface area contributed by atoms with Crippen LogP contribution in [0.3, 0.4) is 0 Å². The molecule has 0 aromatic heterocycles. The first kappa shape index (κ1) is 13.7. The van der Waals surface area contributed by atoms with Gasteiger partial charge < -0.3 is 5.32 Å². The lowest BCUT2D eigenvalue weighted by atomic mass is 10.0. The number of anilines is 1.